The van der Waals surface area contributed by atoms with E-state index in [1.165, 1.54) is 128 Å². The molecule has 5 nitrogen and oxygen atoms in total. The van der Waals surface area contributed by atoms with Gasteiger partial charge in [0.05, 0.1) is 18.8 Å². The summed E-state index contributed by atoms with van der Waals surface area (Å²) in [4.78, 5) is 12.4. The highest BCUT2D eigenvalue weighted by Crippen LogP contribution is 2.15. The second-order valence-electron chi connectivity index (χ2n) is 12.8. The van der Waals surface area contributed by atoms with Gasteiger partial charge in [0.15, 0.2) is 0 Å². The van der Waals surface area contributed by atoms with E-state index in [9.17, 15) is 20.1 Å². The lowest BCUT2D eigenvalue weighted by Gasteiger charge is -2.21. The fourth-order valence-electron chi connectivity index (χ4n) is 5.55. The Hall–Kier alpha value is -1.17. The third-order valence-electron chi connectivity index (χ3n) is 8.54. The van der Waals surface area contributed by atoms with Crippen LogP contribution in [0.2, 0.25) is 0 Å². The molecule has 0 spiro atoms. The van der Waals surface area contributed by atoms with Crippen LogP contribution < -0.4 is 5.32 Å². The van der Waals surface area contributed by atoms with Gasteiger partial charge in [-0.1, -0.05) is 179 Å². The van der Waals surface area contributed by atoms with E-state index in [2.05, 4.69) is 31.3 Å². The molecule has 0 aliphatic carbocycles. The van der Waals surface area contributed by atoms with E-state index >= 15 is 0 Å². The Kier molecular flexibility index (Phi) is 32.8. The standard InChI is InChI=1S/C38H73NO4/c1-3-5-7-9-11-13-15-16-17-18-19-20-21-23-25-27-29-31-33-37(42)38(43)39-35(34-40)36(41)32-30-28-26-24-22-14-12-10-8-6-4-2/h22,24,30,32,35-37,40-42H,3-21,23,25-29,31,33-34H2,1-2H3,(H,39,43)/b24-22+,32-30+. The smallest absolute Gasteiger partial charge is 0.249 e. The van der Waals surface area contributed by atoms with Crippen molar-refractivity contribution in [2.75, 3.05) is 6.61 Å². The van der Waals surface area contributed by atoms with E-state index in [1.807, 2.05) is 6.08 Å². The minimum Gasteiger partial charge on any atom is -0.394 e. The molecule has 3 unspecified atom stereocenters. The molecule has 0 saturated carbocycles. The van der Waals surface area contributed by atoms with Crippen LogP contribution in [0.1, 0.15) is 187 Å². The van der Waals surface area contributed by atoms with Crippen molar-refractivity contribution in [3.8, 4) is 0 Å². The van der Waals surface area contributed by atoms with Crippen molar-refractivity contribution in [2.24, 2.45) is 0 Å². The molecule has 0 bridgehead atoms. The number of nitrogens with one attached hydrogen (secondary N) is 1. The van der Waals surface area contributed by atoms with Gasteiger partial charge in [-0.2, -0.15) is 0 Å². The van der Waals surface area contributed by atoms with E-state index in [-0.39, 0.29) is 6.61 Å². The quantitative estimate of drug-likeness (QED) is 0.0441. The minimum atomic E-state index is -1.10. The summed E-state index contributed by atoms with van der Waals surface area (Å²) in [6.07, 6.45) is 39.1. The van der Waals surface area contributed by atoms with Crippen LogP contribution in [0.25, 0.3) is 0 Å². The lowest BCUT2D eigenvalue weighted by molar-refractivity contribution is -0.131. The Morgan fingerprint density at radius 2 is 0.953 bits per heavy atom. The fourth-order valence-corrected chi connectivity index (χ4v) is 5.55. The van der Waals surface area contributed by atoms with Crippen molar-refractivity contribution < 1.29 is 20.1 Å². The van der Waals surface area contributed by atoms with Crippen LogP contribution in [-0.2, 0) is 4.79 Å². The number of aliphatic hydroxyl groups is 3. The summed E-state index contributed by atoms with van der Waals surface area (Å²) in [5.41, 5.74) is 0. The zero-order valence-corrected chi connectivity index (χ0v) is 28.6. The molecular weight excluding hydrogens is 534 g/mol. The first kappa shape index (κ1) is 41.8. The highest BCUT2D eigenvalue weighted by molar-refractivity contribution is 5.80. The number of aliphatic hydroxyl groups excluding tert-OH is 3. The van der Waals surface area contributed by atoms with Gasteiger partial charge in [-0.15, -0.1) is 0 Å². The van der Waals surface area contributed by atoms with E-state index in [0.717, 1.165) is 38.5 Å². The largest absolute Gasteiger partial charge is 0.394 e. The number of amides is 1. The molecule has 0 heterocycles. The van der Waals surface area contributed by atoms with Crippen molar-refractivity contribution in [3.05, 3.63) is 24.3 Å². The van der Waals surface area contributed by atoms with Crippen LogP contribution in [0, 0.1) is 0 Å². The molecule has 0 radical (unpaired) electrons. The van der Waals surface area contributed by atoms with Crippen LogP contribution in [0.4, 0.5) is 0 Å². The molecule has 1 amide bonds. The van der Waals surface area contributed by atoms with Gasteiger partial charge in [0, 0.05) is 0 Å². The summed E-state index contributed by atoms with van der Waals surface area (Å²) < 4.78 is 0. The predicted octanol–water partition coefficient (Wildman–Crippen LogP) is 9.87. The minimum absolute atomic E-state index is 0.374. The fraction of sp³-hybridized carbons (Fsp3) is 0.868. The summed E-state index contributed by atoms with van der Waals surface area (Å²) in [7, 11) is 0. The molecule has 0 fully saturated rings. The van der Waals surface area contributed by atoms with Crippen molar-refractivity contribution in [1.82, 2.24) is 5.32 Å². The number of rotatable bonds is 33. The molecule has 0 aromatic rings. The number of allylic oxidation sites excluding steroid dienone is 3. The summed E-state index contributed by atoms with van der Waals surface area (Å²) in [5.74, 6) is -0.514. The average Bonchev–Trinajstić information content (AvgIpc) is 3.01. The molecule has 43 heavy (non-hydrogen) atoms. The summed E-state index contributed by atoms with van der Waals surface area (Å²) in [5, 5.41) is 32.9. The van der Waals surface area contributed by atoms with Gasteiger partial charge < -0.3 is 20.6 Å². The molecule has 3 atom stereocenters. The maximum Gasteiger partial charge on any atom is 0.249 e. The van der Waals surface area contributed by atoms with Gasteiger partial charge in [-0.05, 0) is 32.1 Å². The molecule has 254 valence electrons. The molecule has 4 N–H and O–H groups in total. The van der Waals surface area contributed by atoms with E-state index in [0.29, 0.717) is 6.42 Å². The topological polar surface area (TPSA) is 89.8 Å². The highest BCUT2D eigenvalue weighted by atomic mass is 16.3. The summed E-state index contributed by atoms with van der Waals surface area (Å²) >= 11 is 0. The lowest BCUT2D eigenvalue weighted by Crippen LogP contribution is -2.48. The Labute approximate surface area is 267 Å². The first-order valence-corrected chi connectivity index (χ1v) is 18.7. The summed E-state index contributed by atoms with van der Waals surface area (Å²) in [6.45, 7) is 4.13. The highest BCUT2D eigenvalue weighted by Gasteiger charge is 2.22. The van der Waals surface area contributed by atoms with Crippen molar-refractivity contribution >= 4 is 5.91 Å². The molecule has 0 aromatic carbocycles. The third kappa shape index (κ3) is 29.3. The normalized spacial score (nSPS) is 14.1. The Bertz CT molecular complexity index is 635. The second-order valence-corrected chi connectivity index (χ2v) is 12.8. The zero-order chi connectivity index (χ0) is 31.6. The van der Waals surface area contributed by atoms with E-state index in [4.69, 9.17) is 0 Å². The monoisotopic (exact) mass is 608 g/mol. The van der Waals surface area contributed by atoms with Crippen LogP contribution >= 0.6 is 0 Å². The van der Waals surface area contributed by atoms with E-state index < -0.39 is 24.2 Å². The molecule has 0 aromatic heterocycles. The Balaban J connectivity index is 3.71. The second kappa shape index (κ2) is 33.7. The van der Waals surface area contributed by atoms with Gasteiger partial charge >= 0.3 is 0 Å². The van der Waals surface area contributed by atoms with Crippen LogP contribution in [0.5, 0.6) is 0 Å². The number of carbonyl (C=O) groups is 1. The van der Waals surface area contributed by atoms with Crippen molar-refractivity contribution in [3.63, 3.8) is 0 Å². The Morgan fingerprint density at radius 3 is 1.42 bits per heavy atom. The van der Waals surface area contributed by atoms with Gasteiger partial charge in [-0.3, -0.25) is 4.79 Å². The molecule has 0 saturated heterocycles. The SMILES string of the molecule is CCCCCCC/C=C/CC/C=C/C(O)C(CO)NC(=O)C(O)CCCCCCCCCCCCCCCCCCCC. The van der Waals surface area contributed by atoms with Crippen LogP contribution in [-0.4, -0.2) is 46.1 Å². The first-order valence-electron chi connectivity index (χ1n) is 18.7. The van der Waals surface area contributed by atoms with Crippen LogP contribution in [0.15, 0.2) is 24.3 Å². The van der Waals surface area contributed by atoms with Crippen LogP contribution in [0.3, 0.4) is 0 Å². The van der Waals surface area contributed by atoms with Crippen molar-refractivity contribution in [1.29, 1.82) is 0 Å². The molecule has 5 heteroatoms. The lowest BCUT2D eigenvalue weighted by atomic mass is 10.0. The Morgan fingerprint density at radius 1 is 0.558 bits per heavy atom. The maximum atomic E-state index is 12.4. The average molecular weight is 608 g/mol. The predicted molar refractivity (Wildman–Crippen MR) is 185 cm³/mol. The first-order chi connectivity index (χ1) is 21.1. The number of hydrogen-bond donors (Lipinski definition) is 4. The van der Waals surface area contributed by atoms with Gasteiger partial charge in [0.25, 0.3) is 0 Å². The van der Waals surface area contributed by atoms with E-state index in [1.54, 1.807) is 6.08 Å². The molecule has 0 rings (SSSR count). The third-order valence-corrected chi connectivity index (χ3v) is 8.54. The molecular formula is C38H73NO4. The summed E-state index contributed by atoms with van der Waals surface area (Å²) in [6, 6.07) is -0.808. The number of hydrogen-bond acceptors (Lipinski definition) is 4. The van der Waals surface area contributed by atoms with Gasteiger partial charge in [-0.25, -0.2) is 0 Å². The maximum absolute atomic E-state index is 12.4. The van der Waals surface area contributed by atoms with Gasteiger partial charge in [0.1, 0.15) is 6.10 Å². The zero-order valence-electron chi connectivity index (χ0n) is 28.6. The number of unbranched alkanes of at least 4 members (excludes halogenated alkanes) is 23. The van der Waals surface area contributed by atoms with Gasteiger partial charge in [0.2, 0.25) is 5.91 Å². The van der Waals surface area contributed by atoms with Crippen molar-refractivity contribution in [2.45, 2.75) is 205 Å². The molecule has 0 aliphatic heterocycles. The number of carbonyl (C=O) groups excluding carboxylic acids is 1. The molecule has 0 aliphatic rings.